The summed E-state index contributed by atoms with van der Waals surface area (Å²) in [6.07, 6.45) is 9.25. The van der Waals surface area contributed by atoms with Crippen molar-refractivity contribution in [2.45, 2.75) is 25.9 Å². The fourth-order valence-electron chi connectivity index (χ4n) is 2.03. The standard InChI is InChI=1S/C14H16ClNO3/c1-14(9-17)6-11(7-14)16-13(18)8-19-12-4-2-10(15)3-5-12/h2-4,6,9,12H,5,7-8H2,1H3,(H,16,18). The van der Waals surface area contributed by atoms with Gasteiger partial charge >= 0.3 is 0 Å². The zero-order valence-corrected chi connectivity index (χ0v) is 11.4. The van der Waals surface area contributed by atoms with E-state index in [-0.39, 0.29) is 18.6 Å². The van der Waals surface area contributed by atoms with Crippen molar-refractivity contribution in [2.24, 2.45) is 5.41 Å². The average Bonchev–Trinajstić information content (AvgIpc) is 2.36. The number of carbonyl (C=O) groups is 2. The second kappa shape index (κ2) is 5.72. The van der Waals surface area contributed by atoms with E-state index in [0.717, 1.165) is 12.0 Å². The molecule has 2 atom stereocenters. The summed E-state index contributed by atoms with van der Waals surface area (Å²) < 4.78 is 5.44. The number of hydrogen-bond donors (Lipinski definition) is 1. The summed E-state index contributed by atoms with van der Waals surface area (Å²) in [5.74, 6) is -0.201. The Hall–Kier alpha value is -1.39. The number of halogens is 1. The molecule has 102 valence electrons. The summed E-state index contributed by atoms with van der Waals surface area (Å²) in [6, 6.07) is 0. The molecule has 2 rings (SSSR count). The molecule has 5 heteroatoms. The summed E-state index contributed by atoms with van der Waals surface area (Å²) >= 11 is 5.78. The molecule has 0 saturated heterocycles. The number of hydrogen-bond acceptors (Lipinski definition) is 3. The van der Waals surface area contributed by atoms with E-state index in [1.54, 1.807) is 12.2 Å². The number of amides is 1. The molecular weight excluding hydrogens is 266 g/mol. The molecule has 0 radical (unpaired) electrons. The van der Waals surface area contributed by atoms with E-state index < -0.39 is 5.41 Å². The Morgan fingerprint density at radius 2 is 2.42 bits per heavy atom. The van der Waals surface area contributed by atoms with E-state index in [9.17, 15) is 9.59 Å². The predicted octanol–water partition coefficient (Wildman–Crippen LogP) is 2.06. The number of allylic oxidation sites excluding steroid dienone is 4. The molecule has 4 nitrogen and oxygen atoms in total. The van der Waals surface area contributed by atoms with Crippen LogP contribution < -0.4 is 5.32 Å². The van der Waals surface area contributed by atoms with Gasteiger partial charge in [0.15, 0.2) is 0 Å². The second-order valence-corrected chi connectivity index (χ2v) is 5.49. The lowest BCUT2D eigenvalue weighted by atomic mass is 9.77. The topological polar surface area (TPSA) is 55.4 Å². The van der Waals surface area contributed by atoms with E-state index in [1.807, 2.05) is 19.1 Å². The molecule has 2 aliphatic rings. The van der Waals surface area contributed by atoms with Crippen LogP contribution in [-0.4, -0.2) is 24.9 Å². The lowest BCUT2D eigenvalue weighted by molar-refractivity contribution is -0.126. The van der Waals surface area contributed by atoms with Crippen molar-refractivity contribution in [3.8, 4) is 0 Å². The quantitative estimate of drug-likeness (QED) is 0.785. The van der Waals surface area contributed by atoms with Crippen molar-refractivity contribution in [1.29, 1.82) is 0 Å². The highest BCUT2D eigenvalue weighted by atomic mass is 35.5. The minimum Gasteiger partial charge on any atom is -0.364 e. The first-order valence-corrected chi connectivity index (χ1v) is 6.52. The lowest BCUT2D eigenvalue weighted by Crippen LogP contribution is -2.37. The van der Waals surface area contributed by atoms with Gasteiger partial charge in [0.25, 0.3) is 0 Å². The zero-order valence-electron chi connectivity index (χ0n) is 10.7. The molecule has 0 aromatic rings. The number of aldehydes is 1. The predicted molar refractivity (Wildman–Crippen MR) is 72.4 cm³/mol. The van der Waals surface area contributed by atoms with Crippen molar-refractivity contribution < 1.29 is 14.3 Å². The van der Waals surface area contributed by atoms with Crippen molar-refractivity contribution in [1.82, 2.24) is 5.32 Å². The lowest BCUT2D eigenvalue weighted by Gasteiger charge is -2.31. The van der Waals surface area contributed by atoms with E-state index in [1.165, 1.54) is 0 Å². The summed E-state index contributed by atoms with van der Waals surface area (Å²) in [4.78, 5) is 22.3. The summed E-state index contributed by atoms with van der Waals surface area (Å²) in [7, 11) is 0. The van der Waals surface area contributed by atoms with Crippen molar-refractivity contribution >= 4 is 23.8 Å². The van der Waals surface area contributed by atoms with E-state index in [2.05, 4.69) is 5.32 Å². The SMILES string of the molecule is CC1(C=O)C=C(NC(=O)COC2C=CC(Cl)=CC2)C1. The maximum absolute atomic E-state index is 11.6. The molecule has 0 spiro atoms. The Balaban J connectivity index is 1.71. The van der Waals surface area contributed by atoms with E-state index in [0.29, 0.717) is 17.9 Å². The van der Waals surface area contributed by atoms with Crippen LogP contribution in [0.4, 0.5) is 0 Å². The third kappa shape index (κ3) is 3.78. The van der Waals surface area contributed by atoms with Crippen LogP contribution in [0.25, 0.3) is 0 Å². The molecule has 19 heavy (non-hydrogen) atoms. The van der Waals surface area contributed by atoms with Crippen LogP contribution in [0.3, 0.4) is 0 Å². The molecule has 2 unspecified atom stereocenters. The van der Waals surface area contributed by atoms with Crippen molar-refractivity contribution in [3.05, 3.63) is 35.0 Å². The Morgan fingerprint density at radius 3 is 3.00 bits per heavy atom. The third-order valence-corrected chi connectivity index (χ3v) is 3.37. The van der Waals surface area contributed by atoms with Crippen LogP contribution in [0.15, 0.2) is 35.0 Å². The molecule has 2 aliphatic carbocycles. The van der Waals surface area contributed by atoms with Crippen LogP contribution >= 0.6 is 11.6 Å². The largest absolute Gasteiger partial charge is 0.364 e. The highest BCUT2D eigenvalue weighted by Crippen LogP contribution is 2.34. The van der Waals surface area contributed by atoms with E-state index in [4.69, 9.17) is 16.3 Å². The number of carbonyl (C=O) groups excluding carboxylic acids is 2. The Labute approximate surface area is 117 Å². The first-order valence-electron chi connectivity index (χ1n) is 6.14. The number of ether oxygens (including phenoxy) is 1. The van der Waals surface area contributed by atoms with Crippen molar-refractivity contribution in [2.75, 3.05) is 6.61 Å². The van der Waals surface area contributed by atoms with E-state index >= 15 is 0 Å². The Morgan fingerprint density at radius 1 is 1.68 bits per heavy atom. The smallest absolute Gasteiger partial charge is 0.250 e. The molecule has 1 N–H and O–H groups in total. The molecule has 0 aliphatic heterocycles. The highest BCUT2D eigenvalue weighted by molar-refractivity contribution is 6.31. The minimum absolute atomic E-state index is 0.00436. The van der Waals surface area contributed by atoms with Gasteiger partial charge in [0.1, 0.15) is 12.9 Å². The summed E-state index contributed by atoms with van der Waals surface area (Å²) in [5.41, 5.74) is 0.363. The fraction of sp³-hybridized carbons (Fsp3) is 0.429. The minimum atomic E-state index is -0.420. The number of nitrogens with one attached hydrogen (secondary N) is 1. The van der Waals surface area contributed by atoms with Gasteiger partial charge in [0.05, 0.1) is 6.10 Å². The maximum Gasteiger partial charge on any atom is 0.250 e. The monoisotopic (exact) mass is 281 g/mol. The maximum atomic E-state index is 11.6. The summed E-state index contributed by atoms with van der Waals surface area (Å²) in [6.45, 7) is 1.82. The van der Waals surface area contributed by atoms with Crippen LogP contribution in [-0.2, 0) is 14.3 Å². The molecular formula is C14H16ClNO3. The molecule has 0 aromatic heterocycles. The van der Waals surface area contributed by atoms with Crippen LogP contribution in [0.1, 0.15) is 19.8 Å². The van der Waals surface area contributed by atoms with Gasteiger partial charge in [0, 0.05) is 22.6 Å². The number of rotatable bonds is 5. The molecule has 0 heterocycles. The average molecular weight is 282 g/mol. The van der Waals surface area contributed by atoms with Gasteiger partial charge < -0.3 is 14.8 Å². The molecule has 0 aromatic carbocycles. The van der Waals surface area contributed by atoms with Gasteiger partial charge in [-0.25, -0.2) is 0 Å². The molecule has 0 bridgehead atoms. The Kier molecular flexibility index (Phi) is 4.22. The third-order valence-electron chi connectivity index (χ3n) is 3.09. The zero-order chi connectivity index (χ0) is 13.9. The normalized spacial score (nSPS) is 29.1. The van der Waals surface area contributed by atoms with Gasteiger partial charge in [-0.05, 0) is 19.4 Å². The Bertz CT molecular complexity index is 481. The molecule has 0 saturated carbocycles. The van der Waals surface area contributed by atoms with Crippen LogP contribution in [0.2, 0.25) is 0 Å². The van der Waals surface area contributed by atoms with Gasteiger partial charge in [-0.15, -0.1) is 0 Å². The highest BCUT2D eigenvalue weighted by Gasteiger charge is 2.32. The van der Waals surface area contributed by atoms with Crippen molar-refractivity contribution in [3.63, 3.8) is 0 Å². The fourth-order valence-corrected chi connectivity index (χ4v) is 2.19. The van der Waals surface area contributed by atoms with Gasteiger partial charge in [-0.2, -0.15) is 0 Å². The molecule has 0 fully saturated rings. The second-order valence-electron chi connectivity index (χ2n) is 5.05. The van der Waals surface area contributed by atoms with Gasteiger partial charge in [0.2, 0.25) is 5.91 Å². The summed E-state index contributed by atoms with van der Waals surface area (Å²) in [5, 5.41) is 3.42. The van der Waals surface area contributed by atoms with Crippen LogP contribution in [0.5, 0.6) is 0 Å². The van der Waals surface area contributed by atoms with Gasteiger partial charge in [-0.1, -0.05) is 29.8 Å². The van der Waals surface area contributed by atoms with Gasteiger partial charge in [-0.3, -0.25) is 4.79 Å². The first-order chi connectivity index (χ1) is 9.00. The molecule has 1 amide bonds. The first kappa shape index (κ1) is 14.0. The van der Waals surface area contributed by atoms with Crippen LogP contribution in [0, 0.1) is 5.41 Å².